The zero-order valence-electron chi connectivity index (χ0n) is 21.8. The zero-order chi connectivity index (χ0) is 27.3. The van der Waals surface area contributed by atoms with Crippen LogP contribution in [0.15, 0.2) is 102 Å². The molecule has 0 spiro atoms. The quantitative estimate of drug-likeness (QED) is 0.103. The fourth-order valence-electron chi connectivity index (χ4n) is 2.39. The first-order valence-corrected chi connectivity index (χ1v) is 14.6. The second kappa shape index (κ2) is 20.9. The van der Waals surface area contributed by atoms with Gasteiger partial charge >= 0.3 is 0 Å². The monoisotopic (exact) mass is 772 g/mol. The molecule has 0 unspecified atom stereocenters. The molecule has 4 rings (SSSR count). The molecule has 0 atom stereocenters. The van der Waals surface area contributed by atoms with Crippen LogP contribution in [0.5, 0.6) is 0 Å². The molecule has 0 radical (unpaired) electrons. The molecule has 0 N–H and O–H groups in total. The molecule has 0 saturated carbocycles. The van der Waals surface area contributed by atoms with Crippen LogP contribution in [-0.2, 0) is 0 Å². The van der Waals surface area contributed by atoms with Gasteiger partial charge in [0.1, 0.15) is 1.37 Å². The summed E-state index contributed by atoms with van der Waals surface area (Å²) in [6.07, 6.45) is 3.81. The summed E-state index contributed by atoms with van der Waals surface area (Å²) in [7, 11) is 0. The van der Waals surface area contributed by atoms with Gasteiger partial charge in [-0.3, -0.25) is 0 Å². The molecule has 0 heterocycles. The van der Waals surface area contributed by atoms with Crippen molar-refractivity contribution < 1.29 is 1.37 Å². The van der Waals surface area contributed by atoms with Gasteiger partial charge in [-0.25, -0.2) is 0 Å². The molecule has 0 aliphatic heterocycles. The molecule has 0 fully saturated rings. The Balaban J connectivity index is 0.000000445. The summed E-state index contributed by atoms with van der Waals surface area (Å²) in [6.45, 7) is 8.28. The van der Waals surface area contributed by atoms with E-state index in [1.54, 1.807) is 6.26 Å². The molecular formula is C31H33BrI2S. The predicted molar refractivity (Wildman–Crippen MR) is 181 cm³/mol. The van der Waals surface area contributed by atoms with Crippen LogP contribution >= 0.6 is 73.7 Å². The van der Waals surface area contributed by atoms with Gasteiger partial charge in [-0.1, -0.05) is 87.1 Å². The lowest BCUT2D eigenvalue weighted by atomic mass is 10.1. The van der Waals surface area contributed by atoms with Crippen molar-refractivity contribution in [1.82, 2.24) is 0 Å². The van der Waals surface area contributed by atoms with Gasteiger partial charge in [0.15, 0.2) is 0 Å². The number of terminal acetylenes is 1. The highest BCUT2D eigenvalue weighted by Crippen LogP contribution is 2.09. The van der Waals surface area contributed by atoms with Crippen LogP contribution in [0.25, 0.3) is 0 Å². The van der Waals surface area contributed by atoms with Crippen molar-refractivity contribution >= 4 is 73.7 Å². The van der Waals surface area contributed by atoms with E-state index in [2.05, 4.69) is 167 Å². The molecule has 0 aromatic heterocycles. The van der Waals surface area contributed by atoms with Crippen LogP contribution < -0.4 is 0 Å². The van der Waals surface area contributed by atoms with Gasteiger partial charge in [-0.2, -0.15) is 12.6 Å². The molecule has 4 aromatic carbocycles. The Bertz CT molecular complexity index is 1080. The van der Waals surface area contributed by atoms with Gasteiger partial charge in [0.2, 0.25) is 0 Å². The summed E-state index contributed by atoms with van der Waals surface area (Å²) in [5.41, 5.74) is 6.05. The van der Waals surface area contributed by atoms with Crippen molar-refractivity contribution in [1.29, 1.82) is 0 Å². The Labute approximate surface area is 255 Å². The van der Waals surface area contributed by atoms with E-state index in [0.29, 0.717) is 0 Å². The fourth-order valence-corrected chi connectivity index (χ4v) is 3.72. The van der Waals surface area contributed by atoms with E-state index in [1.807, 2.05) is 43.3 Å². The van der Waals surface area contributed by atoms with Crippen molar-refractivity contribution in [2.45, 2.75) is 27.7 Å². The smallest absolute Gasteiger partial charge is 0.124 e. The largest absolute Gasteiger partial charge is 0.183 e. The lowest BCUT2D eigenvalue weighted by molar-refractivity contribution is 1.45. The van der Waals surface area contributed by atoms with Gasteiger partial charge in [-0.05, 0) is 133 Å². The van der Waals surface area contributed by atoms with Gasteiger partial charge in [0.25, 0.3) is 0 Å². The van der Waals surface area contributed by atoms with Crippen molar-refractivity contribution in [2.75, 3.05) is 6.26 Å². The van der Waals surface area contributed by atoms with Crippen molar-refractivity contribution in [3.63, 3.8) is 0 Å². The SMILES string of the molecule is CS.Cc1ccc(Br)cc1.Cc1ccc(I)cc1.Cc1cccc(I)c1.[3H]C#Cc1cccc(C)c1. The van der Waals surface area contributed by atoms with E-state index >= 15 is 0 Å². The summed E-state index contributed by atoms with van der Waals surface area (Å²) in [5, 5.41) is 0. The Morgan fingerprint density at radius 2 is 1.14 bits per heavy atom. The minimum atomic E-state index is 0.912. The summed E-state index contributed by atoms with van der Waals surface area (Å²) in [4.78, 5) is 0. The molecule has 4 heteroatoms. The van der Waals surface area contributed by atoms with E-state index in [4.69, 9.17) is 1.37 Å². The first kappa shape index (κ1) is 31.8. The van der Waals surface area contributed by atoms with Gasteiger partial charge in [0.05, 0.1) is 0 Å². The minimum absolute atomic E-state index is 0.912. The van der Waals surface area contributed by atoms with Crippen LogP contribution in [0.2, 0.25) is 0 Å². The average Bonchev–Trinajstić information content (AvgIpc) is 2.85. The Morgan fingerprint density at radius 3 is 1.51 bits per heavy atom. The molecule has 0 bridgehead atoms. The van der Waals surface area contributed by atoms with E-state index in [0.717, 1.165) is 10.0 Å². The Hall–Kier alpha value is -1.27. The molecule has 35 heavy (non-hydrogen) atoms. The number of aryl methyl sites for hydroxylation is 4. The van der Waals surface area contributed by atoms with Crippen LogP contribution in [0.3, 0.4) is 0 Å². The summed E-state index contributed by atoms with van der Waals surface area (Å²) >= 11 is 11.5. The number of rotatable bonds is 0. The van der Waals surface area contributed by atoms with Gasteiger partial charge in [0, 0.05) is 17.2 Å². The van der Waals surface area contributed by atoms with Gasteiger partial charge < -0.3 is 0 Å². The molecule has 0 aliphatic rings. The van der Waals surface area contributed by atoms with Crippen molar-refractivity contribution in [3.05, 3.63) is 136 Å². The maximum Gasteiger partial charge on any atom is 0.124 e. The third kappa shape index (κ3) is 18.6. The van der Waals surface area contributed by atoms with Crippen molar-refractivity contribution in [3.8, 4) is 12.3 Å². The first-order chi connectivity index (χ1) is 17.2. The maximum absolute atomic E-state index is 6.65. The van der Waals surface area contributed by atoms with Crippen LogP contribution in [0.4, 0.5) is 0 Å². The molecule has 0 saturated heterocycles. The fraction of sp³-hybridized carbons (Fsp3) is 0.161. The number of hydrogen-bond acceptors (Lipinski definition) is 1. The second-order valence-electron chi connectivity index (χ2n) is 7.38. The van der Waals surface area contributed by atoms with E-state index in [9.17, 15) is 0 Å². The Kier molecular flexibility index (Phi) is 18.9. The molecule has 0 aliphatic carbocycles. The topological polar surface area (TPSA) is 0 Å². The number of hydrogen-bond donors (Lipinski definition) is 1. The Morgan fingerprint density at radius 1 is 0.657 bits per heavy atom. The van der Waals surface area contributed by atoms with Gasteiger partial charge in [-0.15, -0.1) is 6.40 Å². The van der Waals surface area contributed by atoms with Crippen LogP contribution in [0, 0.1) is 47.2 Å². The third-order valence-corrected chi connectivity index (χ3v) is 6.08. The molecule has 4 aromatic rings. The summed E-state index contributed by atoms with van der Waals surface area (Å²) in [5.74, 6) is 2.66. The first-order valence-electron chi connectivity index (χ1n) is 11.3. The number of benzene rings is 4. The van der Waals surface area contributed by atoms with Crippen LogP contribution in [-0.4, -0.2) is 6.26 Å². The average molecular weight is 773 g/mol. The summed E-state index contributed by atoms with van der Waals surface area (Å²) in [6, 6.07) is 32.9. The van der Waals surface area contributed by atoms with E-state index in [-0.39, 0.29) is 0 Å². The molecule has 0 nitrogen and oxygen atoms in total. The maximum atomic E-state index is 6.65. The lowest BCUT2D eigenvalue weighted by Crippen LogP contribution is -1.73. The highest BCUT2D eigenvalue weighted by molar-refractivity contribution is 14.1. The third-order valence-electron chi connectivity index (χ3n) is 4.16. The molecule has 0 amide bonds. The number of halogens is 3. The lowest BCUT2D eigenvalue weighted by Gasteiger charge is -1.90. The van der Waals surface area contributed by atoms with E-state index in [1.165, 1.54) is 29.4 Å². The van der Waals surface area contributed by atoms with Crippen molar-refractivity contribution in [2.24, 2.45) is 0 Å². The number of thiol groups is 1. The molecule has 184 valence electrons. The van der Waals surface area contributed by atoms with E-state index < -0.39 is 0 Å². The normalized spacial score (nSPS) is 8.89. The van der Waals surface area contributed by atoms with Crippen LogP contribution in [0.1, 0.15) is 29.2 Å². The molecular weight excluding hydrogens is 738 g/mol. The highest BCUT2D eigenvalue weighted by Gasteiger charge is 1.84. The minimum Gasteiger partial charge on any atom is -0.183 e. The predicted octanol–water partition coefficient (Wildman–Crippen LogP) is 10.5. The standard InChI is InChI=1S/C9H8.C7H7Br.2C7H7I.CH4S/c1-3-9-6-4-5-8(2)7-9;2*1-6-2-4-7(8)5-3-6;1-6-3-2-4-7(8)5-6;1-2/h1,4-7H,2H3;3*2-5H,1H3;2H,1H3/i1T;;;;. The zero-order valence-corrected chi connectivity index (χ0v) is 27.6. The second-order valence-corrected chi connectivity index (χ2v) is 10.8. The summed E-state index contributed by atoms with van der Waals surface area (Å²) < 4.78 is 10.4. The highest BCUT2D eigenvalue weighted by atomic mass is 127.